The molecule has 0 spiro atoms. The van der Waals surface area contributed by atoms with Gasteiger partial charge in [0.15, 0.2) is 5.13 Å². The van der Waals surface area contributed by atoms with E-state index in [1.54, 1.807) is 0 Å². The molecule has 94 valence electrons. The molecule has 0 atom stereocenters. The van der Waals surface area contributed by atoms with Gasteiger partial charge in [0.2, 0.25) is 15.7 Å². The molecule has 1 aromatic heterocycles. The highest BCUT2D eigenvalue weighted by Crippen LogP contribution is 2.17. The first-order valence-electron chi connectivity index (χ1n) is 4.11. The van der Waals surface area contributed by atoms with Crippen molar-refractivity contribution >= 4 is 38.2 Å². The maximum Gasteiger partial charge on any atom is 0.360 e. The van der Waals surface area contributed by atoms with E-state index in [1.807, 2.05) is 0 Å². The number of aromatic nitrogens is 1. The van der Waals surface area contributed by atoms with Crippen LogP contribution in [0.4, 0.5) is 5.13 Å². The Balaban J connectivity index is 3.01. The normalized spacial score (nSPS) is 12.2. The molecule has 8 nitrogen and oxygen atoms in total. The van der Waals surface area contributed by atoms with Gasteiger partial charge in [-0.1, -0.05) is 5.16 Å². The number of carboxylic acids is 1. The van der Waals surface area contributed by atoms with Gasteiger partial charge in [0.1, 0.15) is 12.8 Å². The monoisotopic (exact) mass is 279 g/mol. The molecule has 2 N–H and O–H groups in total. The second-order valence-electron chi connectivity index (χ2n) is 2.84. The summed E-state index contributed by atoms with van der Waals surface area (Å²) in [6.45, 7) is 0. The van der Waals surface area contributed by atoms with Gasteiger partial charge in [-0.25, -0.2) is 18.2 Å². The number of oxime groups is 1. The number of nitrogens with zero attached hydrogens (tertiary/aromatic N) is 2. The van der Waals surface area contributed by atoms with Crippen LogP contribution in [0, 0.1) is 0 Å². The third kappa shape index (κ3) is 4.00. The maximum atomic E-state index is 10.9. The minimum absolute atomic E-state index is 0.0236. The van der Waals surface area contributed by atoms with Crippen molar-refractivity contribution in [3.63, 3.8) is 0 Å². The number of thiazole rings is 1. The number of hydrogen-bond acceptors (Lipinski definition) is 7. The van der Waals surface area contributed by atoms with Crippen molar-refractivity contribution in [2.45, 2.75) is 0 Å². The number of carboxylic acid groups (broad SMARTS) is 1. The molecule has 0 radical (unpaired) electrons. The highest BCUT2D eigenvalue weighted by Gasteiger charge is 2.18. The van der Waals surface area contributed by atoms with Crippen LogP contribution in [0.5, 0.6) is 0 Å². The van der Waals surface area contributed by atoms with Crippen LogP contribution in [0.25, 0.3) is 0 Å². The molecular formula is C7H9N3O5S2. The van der Waals surface area contributed by atoms with Crippen molar-refractivity contribution in [2.24, 2.45) is 5.16 Å². The lowest BCUT2D eigenvalue weighted by molar-refractivity contribution is -0.129. The number of sulfonamides is 1. The summed E-state index contributed by atoms with van der Waals surface area (Å²) in [6, 6.07) is 0. The third-order valence-electron chi connectivity index (χ3n) is 1.40. The van der Waals surface area contributed by atoms with Gasteiger partial charge in [0, 0.05) is 5.38 Å². The first-order chi connectivity index (χ1) is 7.83. The third-order valence-corrected chi connectivity index (χ3v) is 2.86. The van der Waals surface area contributed by atoms with E-state index in [4.69, 9.17) is 5.11 Å². The Morgan fingerprint density at radius 2 is 2.29 bits per heavy atom. The Labute approximate surface area is 101 Å². The number of rotatable bonds is 5. The molecule has 1 aromatic rings. The van der Waals surface area contributed by atoms with Crippen LogP contribution < -0.4 is 4.72 Å². The van der Waals surface area contributed by atoms with Gasteiger partial charge in [-0.3, -0.25) is 4.72 Å². The summed E-state index contributed by atoms with van der Waals surface area (Å²) in [6.07, 6.45) is 0.968. The molecule has 0 aliphatic heterocycles. The molecule has 0 aliphatic carbocycles. The highest BCUT2D eigenvalue weighted by molar-refractivity contribution is 7.92. The van der Waals surface area contributed by atoms with Crippen LogP contribution in [0.3, 0.4) is 0 Å². The summed E-state index contributed by atoms with van der Waals surface area (Å²) in [7, 11) is -2.24. The maximum absolute atomic E-state index is 10.9. The molecule has 0 fully saturated rings. The van der Waals surface area contributed by atoms with Crippen LogP contribution in [0.2, 0.25) is 0 Å². The minimum Gasteiger partial charge on any atom is -0.476 e. The predicted octanol–water partition coefficient (Wildman–Crippen LogP) is -0.0503. The second kappa shape index (κ2) is 5.10. The summed E-state index contributed by atoms with van der Waals surface area (Å²) in [5, 5.41) is 13.5. The summed E-state index contributed by atoms with van der Waals surface area (Å²) in [5.74, 6) is -1.32. The quantitative estimate of drug-likeness (QED) is 0.576. The van der Waals surface area contributed by atoms with Crippen LogP contribution in [-0.4, -0.2) is 43.6 Å². The zero-order chi connectivity index (χ0) is 13.1. The van der Waals surface area contributed by atoms with Crippen molar-refractivity contribution in [1.29, 1.82) is 0 Å². The van der Waals surface area contributed by atoms with E-state index in [-0.39, 0.29) is 10.8 Å². The predicted molar refractivity (Wildman–Crippen MR) is 61.8 cm³/mol. The molecule has 10 heteroatoms. The van der Waals surface area contributed by atoms with Crippen LogP contribution in [0.1, 0.15) is 5.69 Å². The average molecular weight is 279 g/mol. The fraction of sp³-hybridized carbons (Fsp3) is 0.286. The van der Waals surface area contributed by atoms with Crippen molar-refractivity contribution in [3.8, 4) is 0 Å². The lowest BCUT2D eigenvalue weighted by Crippen LogP contribution is -2.16. The SMILES string of the molecule is CO/N=C(/C(=O)O)c1csc(NS(C)(=O)=O)n1. The number of carbonyl (C=O) groups is 1. The first-order valence-corrected chi connectivity index (χ1v) is 6.88. The standard InChI is InChI=1S/C7H9N3O5S2/c1-15-9-5(6(11)12)4-3-16-7(8-4)10-17(2,13)14/h3H,1-2H3,(H,8,10)(H,11,12)/b9-5+. The van der Waals surface area contributed by atoms with Gasteiger partial charge in [-0.15, -0.1) is 11.3 Å². The Hall–Kier alpha value is -1.68. The van der Waals surface area contributed by atoms with Crippen molar-refractivity contribution in [1.82, 2.24) is 4.98 Å². The smallest absolute Gasteiger partial charge is 0.360 e. The lowest BCUT2D eigenvalue weighted by atomic mass is 10.3. The van der Waals surface area contributed by atoms with E-state index in [0.29, 0.717) is 0 Å². The van der Waals surface area contributed by atoms with E-state index in [1.165, 1.54) is 12.5 Å². The van der Waals surface area contributed by atoms with Gasteiger partial charge < -0.3 is 9.94 Å². The molecule has 17 heavy (non-hydrogen) atoms. The van der Waals surface area contributed by atoms with Crippen molar-refractivity contribution < 1.29 is 23.2 Å². The lowest BCUT2D eigenvalue weighted by Gasteiger charge is -1.97. The Morgan fingerprint density at radius 1 is 1.65 bits per heavy atom. The average Bonchev–Trinajstić information content (AvgIpc) is 2.59. The fourth-order valence-corrected chi connectivity index (χ4v) is 2.42. The zero-order valence-corrected chi connectivity index (χ0v) is 10.5. The Bertz CT molecular complexity index is 548. The molecule has 1 rings (SSSR count). The molecule has 0 saturated carbocycles. The molecule has 0 saturated heterocycles. The molecular weight excluding hydrogens is 270 g/mol. The molecule has 0 aromatic carbocycles. The molecule has 0 unspecified atom stereocenters. The molecule has 0 bridgehead atoms. The summed E-state index contributed by atoms with van der Waals surface area (Å²) < 4.78 is 24.0. The van der Waals surface area contributed by atoms with E-state index >= 15 is 0 Å². The van der Waals surface area contributed by atoms with E-state index in [2.05, 4.69) is 19.7 Å². The van der Waals surface area contributed by atoms with Crippen LogP contribution in [0.15, 0.2) is 10.5 Å². The summed E-state index contributed by atoms with van der Waals surface area (Å²) in [5.41, 5.74) is -0.374. The van der Waals surface area contributed by atoms with Crippen LogP contribution >= 0.6 is 11.3 Å². The van der Waals surface area contributed by atoms with Gasteiger partial charge >= 0.3 is 5.97 Å². The van der Waals surface area contributed by atoms with Gasteiger partial charge in [0.25, 0.3) is 0 Å². The number of hydrogen-bond donors (Lipinski definition) is 2. The van der Waals surface area contributed by atoms with Gasteiger partial charge in [-0.05, 0) is 0 Å². The van der Waals surface area contributed by atoms with E-state index < -0.39 is 21.7 Å². The minimum atomic E-state index is -3.44. The molecule has 0 aliphatic rings. The van der Waals surface area contributed by atoms with Crippen LogP contribution in [-0.2, 0) is 19.7 Å². The summed E-state index contributed by atoms with van der Waals surface area (Å²) >= 11 is 0.947. The largest absolute Gasteiger partial charge is 0.476 e. The topological polar surface area (TPSA) is 118 Å². The fourth-order valence-electron chi connectivity index (χ4n) is 0.875. The van der Waals surface area contributed by atoms with Crippen molar-refractivity contribution in [3.05, 3.63) is 11.1 Å². The van der Waals surface area contributed by atoms with Crippen molar-refractivity contribution in [2.75, 3.05) is 18.1 Å². The highest BCUT2D eigenvalue weighted by atomic mass is 32.2. The number of anilines is 1. The first kappa shape index (κ1) is 13.4. The Morgan fingerprint density at radius 3 is 2.76 bits per heavy atom. The Kier molecular flexibility index (Phi) is 4.02. The molecule has 0 amide bonds. The van der Waals surface area contributed by atoms with Gasteiger partial charge in [-0.2, -0.15) is 0 Å². The van der Waals surface area contributed by atoms with E-state index in [0.717, 1.165) is 17.6 Å². The molecule has 1 heterocycles. The number of aliphatic carboxylic acids is 1. The van der Waals surface area contributed by atoms with Gasteiger partial charge in [0.05, 0.1) is 6.26 Å². The number of nitrogens with one attached hydrogen (secondary N) is 1. The van der Waals surface area contributed by atoms with E-state index in [9.17, 15) is 13.2 Å². The second-order valence-corrected chi connectivity index (χ2v) is 5.45. The summed E-state index contributed by atoms with van der Waals surface area (Å²) in [4.78, 5) is 18.9. The zero-order valence-electron chi connectivity index (χ0n) is 8.87.